The molecule has 0 saturated heterocycles. The topological polar surface area (TPSA) is 64.8 Å². The number of hydrogen-bond donors (Lipinski definition) is 0. The number of rotatable bonds is 2. The lowest BCUT2D eigenvalue weighted by molar-refractivity contribution is 0.579. The van der Waals surface area contributed by atoms with Crippen molar-refractivity contribution in [3.8, 4) is 0 Å². The van der Waals surface area contributed by atoms with E-state index in [0.29, 0.717) is 16.1 Å². The third-order valence-corrected chi connectivity index (χ3v) is 5.43. The Morgan fingerprint density at radius 1 is 0.913 bits per heavy atom. The summed E-state index contributed by atoms with van der Waals surface area (Å²) in [5.74, 6) is 0. The molecule has 5 nitrogen and oxygen atoms in total. The van der Waals surface area contributed by atoms with Crippen LogP contribution in [0, 0.1) is 0 Å². The van der Waals surface area contributed by atoms with Crippen molar-refractivity contribution in [3.63, 3.8) is 0 Å². The molecule has 0 atom stereocenters. The van der Waals surface area contributed by atoms with Crippen LogP contribution in [-0.4, -0.2) is 22.8 Å². The molecule has 0 N–H and O–H groups in total. The van der Waals surface area contributed by atoms with E-state index in [4.69, 9.17) is 11.6 Å². The molecule has 4 rings (SSSR count). The van der Waals surface area contributed by atoms with Crippen LogP contribution in [-0.2, 0) is 10.0 Å². The molecular weight excluding hydrogens is 334 g/mol. The Bertz CT molecular complexity index is 1150. The Labute approximate surface area is 137 Å². The van der Waals surface area contributed by atoms with Gasteiger partial charge in [-0.05, 0) is 41.1 Å². The molecule has 0 unspecified atom stereocenters. The lowest BCUT2D eigenvalue weighted by Crippen LogP contribution is -2.14. The van der Waals surface area contributed by atoms with Crippen LogP contribution in [0.3, 0.4) is 0 Å². The zero-order valence-electron chi connectivity index (χ0n) is 11.7. The van der Waals surface area contributed by atoms with Gasteiger partial charge in [-0.15, -0.1) is 9.19 Å². The molecule has 3 aromatic carbocycles. The van der Waals surface area contributed by atoms with E-state index in [9.17, 15) is 8.42 Å². The molecule has 0 aliphatic carbocycles. The third kappa shape index (κ3) is 2.27. The first kappa shape index (κ1) is 14.2. The van der Waals surface area contributed by atoms with Crippen LogP contribution in [0.4, 0.5) is 0 Å². The zero-order chi connectivity index (χ0) is 16.0. The van der Waals surface area contributed by atoms with E-state index >= 15 is 0 Å². The van der Waals surface area contributed by atoms with Gasteiger partial charge in [-0.3, -0.25) is 0 Å². The van der Waals surface area contributed by atoms with E-state index in [1.165, 1.54) is 0 Å². The summed E-state index contributed by atoms with van der Waals surface area (Å²) in [4.78, 5) is 0.165. The minimum atomic E-state index is -3.83. The molecular formula is C16H10ClN3O2S. The highest BCUT2D eigenvalue weighted by Gasteiger charge is 2.21. The molecule has 0 amide bonds. The van der Waals surface area contributed by atoms with Crippen LogP contribution in [0.25, 0.3) is 21.8 Å². The molecule has 1 heterocycles. The van der Waals surface area contributed by atoms with Crippen molar-refractivity contribution in [2.45, 2.75) is 4.90 Å². The highest BCUT2D eigenvalue weighted by Crippen LogP contribution is 2.24. The SMILES string of the molecule is O=S(=O)(c1ccc2ccccc2c1)n1nnc2cc(Cl)ccc21. The molecule has 4 aromatic rings. The van der Waals surface area contributed by atoms with Crippen LogP contribution in [0.2, 0.25) is 5.02 Å². The summed E-state index contributed by atoms with van der Waals surface area (Å²) < 4.78 is 26.7. The van der Waals surface area contributed by atoms with E-state index in [2.05, 4.69) is 10.3 Å². The second-order valence-corrected chi connectivity index (χ2v) is 7.28. The standard InChI is InChI=1S/C16H10ClN3O2S/c17-13-6-8-16-15(10-13)18-19-20(16)23(21,22)14-7-5-11-3-1-2-4-12(11)9-14/h1-10H. The van der Waals surface area contributed by atoms with Crippen LogP contribution < -0.4 is 0 Å². The first-order valence-corrected chi connectivity index (χ1v) is 8.63. The van der Waals surface area contributed by atoms with Gasteiger partial charge in [0, 0.05) is 5.02 Å². The van der Waals surface area contributed by atoms with Crippen LogP contribution in [0.5, 0.6) is 0 Å². The molecule has 114 valence electrons. The van der Waals surface area contributed by atoms with E-state index in [1.54, 1.807) is 36.4 Å². The molecule has 0 aliphatic rings. The summed E-state index contributed by atoms with van der Waals surface area (Å²) in [6, 6.07) is 17.3. The van der Waals surface area contributed by atoms with Crippen molar-refractivity contribution >= 4 is 43.4 Å². The maximum Gasteiger partial charge on any atom is 0.284 e. The number of hydrogen-bond acceptors (Lipinski definition) is 4. The molecule has 0 aliphatic heterocycles. The van der Waals surface area contributed by atoms with Gasteiger partial charge in [0.25, 0.3) is 10.0 Å². The average Bonchev–Trinajstić information content (AvgIpc) is 2.98. The normalized spacial score (nSPS) is 12.0. The van der Waals surface area contributed by atoms with Gasteiger partial charge in [-0.2, -0.15) is 8.42 Å². The van der Waals surface area contributed by atoms with E-state index in [1.807, 2.05) is 24.3 Å². The summed E-state index contributed by atoms with van der Waals surface area (Å²) in [5, 5.41) is 9.97. The highest BCUT2D eigenvalue weighted by molar-refractivity contribution is 7.90. The van der Waals surface area contributed by atoms with Gasteiger partial charge in [0.1, 0.15) is 11.0 Å². The average molecular weight is 344 g/mol. The summed E-state index contributed by atoms with van der Waals surface area (Å²) >= 11 is 5.90. The number of nitrogens with zero attached hydrogens (tertiary/aromatic N) is 3. The van der Waals surface area contributed by atoms with Crippen molar-refractivity contribution in [3.05, 3.63) is 65.7 Å². The maximum atomic E-state index is 12.9. The fourth-order valence-electron chi connectivity index (χ4n) is 2.48. The number of fused-ring (bicyclic) bond motifs is 2. The molecule has 0 spiro atoms. The number of halogens is 1. The smallest absolute Gasteiger partial charge is 0.199 e. The van der Waals surface area contributed by atoms with Crippen LogP contribution in [0.15, 0.2) is 65.6 Å². The van der Waals surface area contributed by atoms with E-state index in [-0.39, 0.29) is 4.90 Å². The first-order chi connectivity index (χ1) is 11.1. The first-order valence-electron chi connectivity index (χ1n) is 6.81. The largest absolute Gasteiger partial charge is 0.284 e. The van der Waals surface area contributed by atoms with Crippen molar-refractivity contribution in [2.24, 2.45) is 0 Å². The molecule has 23 heavy (non-hydrogen) atoms. The van der Waals surface area contributed by atoms with Crippen molar-refractivity contribution in [2.75, 3.05) is 0 Å². The Kier molecular flexibility index (Phi) is 3.11. The summed E-state index contributed by atoms with van der Waals surface area (Å²) in [7, 11) is -3.83. The fraction of sp³-hybridized carbons (Fsp3) is 0. The second-order valence-electron chi connectivity index (χ2n) is 5.08. The van der Waals surface area contributed by atoms with E-state index < -0.39 is 10.0 Å². The Morgan fingerprint density at radius 2 is 1.70 bits per heavy atom. The summed E-state index contributed by atoms with van der Waals surface area (Å²) in [6.07, 6.45) is 0. The third-order valence-electron chi connectivity index (χ3n) is 3.62. The molecule has 0 fully saturated rings. The highest BCUT2D eigenvalue weighted by atomic mass is 35.5. The van der Waals surface area contributed by atoms with Gasteiger partial charge in [0.15, 0.2) is 0 Å². The van der Waals surface area contributed by atoms with Gasteiger partial charge in [0.05, 0.1) is 4.90 Å². The van der Waals surface area contributed by atoms with Gasteiger partial charge >= 0.3 is 0 Å². The number of benzene rings is 3. The molecule has 0 bridgehead atoms. The lowest BCUT2D eigenvalue weighted by Gasteiger charge is -2.06. The zero-order valence-corrected chi connectivity index (χ0v) is 13.3. The van der Waals surface area contributed by atoms with Crippen molar-refractivity contribution < 1.29 is 8.42 Å². The van der Waals surface area contributed by atoms with Gasteiger partial charge in [0.2, 0.25) is 0 Å². The molecule has 7 heteroatoms. The fourth-order valence-corrected chi connectivity index (χ4v) is 3.91. The minimum Gasteiger partial charge on any atom is -0.199 e. The molecule has 0 saturated carbocycles. The van der Waals surface area contributed by atoms with Crippen LogP contribution in [0.1, 0.15) is 0 Å². The van der Waals surface area contributed by atoms with Gasteiger partial charge in [-0.25, -0.2) is 0 Å². The van der Waals surface area contributed by atoms with Gasteiger partial charge < -0.3 is 0 Å². The summed E-state index contributed by atoms with van der Waals surface area (Å²) in [6.45, 7) is 0. The molecule has 1 aromatic heterocycles. The quantitative estimate of drug-likeness (QED) is 0.559. The Morgan fingerprint density at radius 3 is 2.52 bits per heavy atom. The Balaban J connectivity index is 1.94. The maximum absolute atomic E-state index is 12.9. The summed E-state index contributed by atoms with van der Waals surface area (Å²) in [5.41, 5.74) is 0.824. The monoisotopic (exact) mass is 343 g/mol. The van der Waals surface area contributed by atoms with Crippen molar-refractivity contribution in [1.29, 1.82) is 0 Å². The number of aromatic nitrogens is 3. The van der Waals surface area contributed by atoms with Crippen molar-refractivity contribution in [1.82, 2.24) is 14.4 Å². The predicted molar refractivity (Wildman–Crippen MR) is 89.1 cm³/mol. The second kappa shape index (κ2) is 5.04. The molecule has 0 radical (unpaired) electrons. The van der Waals surface area contributed by atoms with Gasteiger partial charge in [-0.1, -0.05) is 47.1 Å². The van der Waals surface area contributed by atoms with E-state index in [0.717, 1.165) is 14.9 Å². The lowest BCUT2D eigenvalue weighted by atomic mass is 10.1. The predicted octanol–water partition coefficient (Wildman–Crippen LogP) is 3.47. The Hall–Kier alpha value is -2.44. The van der Waals surface area contributed by atoms with Crippen LogP contribution >= 0.6 is 11.6 Å². The minimum absolute atomic E-state index is 0.165.